The second-order valence-corrected chi connectivity index (χ2v) is 3.53. The van der Waals surface area contributed by atoms with Gasteiger partial charge < -0.3 is 5.73 Å². The van der Waals surface area contributed by atoms with Crippen LogP contribution in [-0.2, 0) is 6.42 Å². The molecule has 0 aliphatic rings. The highest BCUT2D eigenvalue weighted by molar-refractivity contribution is 6.42. The van der Waals surface area contributed by atoms with Crippen LogP contribution in [0.5, 0.6) is 0 Å². The summed E-state index contributed by atoms with van der Waals surface area (Å²) in [4.78, 5) is 0. The Morgan fingerprint density at radius 1 is 1.33 bits per heavy atom. The summed E-state index contributed by atoms with van der Waals surface area (Å²) in [7, 11) is 0. The van der Waals surface area contributed by atoms with E-state index in [1.807, 2.05) is 12.1 Å². The van der Waals surface area contributed by atoms with Gasteiger partial charge in [0.05, 0.1) is 10.0 Å². The minimum absolute atomic E-state index is 0.0951. The van der Waals surface area contributed by atoms with Crippen LogP contribution < -0.4 is 5.73 Å². The molecule has 2 N–H and O–H groups in total. The van der Waals surface area contributed by atoms with Gasteiger partial charge >= 0.3 is 0 Å². The largest absolute Gasteiger partial charge is 0.327 e. The first kappa shape index (κ1) is 9.85. The van der Waals surface area contributed by atoms with Crippen molar-refractivity contribution in [2.75, 3.05) is 0 Å². The van der Waals surface area contributed by atoms with Crippen LogP contribution in [0.25, 0.3) is 0 Å². The van der Waals surface area contributed by atoms with Crippen molar-refractivity contribution in [3.8, 4) is 0 Å². The SMILES string of the molecule is [CH2][C@@H](N)Cc1ccc(Cl)c(Cl)c1. The molecule has 65 valence electrons. The van der Waals surface area contributed by atoms with Gasteiger partial charge in [0, 0.05) is 6.04 Å². The predicted octanol–water partition coefficient (Wildman–Crippen LogP) is 2.70. The van der Waals surface area contributed by atoms with Crippen molar-refractivity contribution in [2.45, 2.75) is 12.5 Å². The summed E-state index contributed by atoms with van der Waals surface area (Å²) in [5.74, 6) is 0. The van der Waals surface area contributed by atoms with Crippen molar-refractivity contribution in [3.63, 3.8) is 0 Å². The van der Waals surface area contributed by atoms with Gasteiger partial charge in [-0.15, -0.1) is 0 Å². The van der Waals surface area contributed by atoms with E-state index < -0.39 is 0 Å². The Bertz CT molecular complexity index is 271. The smallest absolute Gasteiger partial charge is 0.0595 e. The zero-order chi connectivity index (χ0) is 9.14. The van der Waals surface area contributed by atoms with E-state index in [9.17, 15) is 0 Å². The van der Waals surface area contributed by atoms with Crippen molar-refractivity contribution in [2.24, 2.45) is 5.73 Å². The first-order valence-corrected chi connectivity index (χ1v) is 4.38. The molecule has 0 saturated carbocycles. The lowest BCUT2D eigenvalue weighted by Gasteiger charge is -2.05. The van der Waals surface area contributed by atoms with Crippen LogP contribution in [0.15, 0.2) is 18.2 Å². The monoisotopic (exact) mass is 202 g/mol. The third kappa shape index (κ3) is 2.67. The first-order valence-electron chi connectivity index (χ1n) is 3.62. The lowest BCUT2D eigenvalue weighted by Crippen LogP contribution is -2.18. The third-order valence-corrected chi connectivity index (χ3v) is 2.22. The molecule has 0 heterocycles. The van der Waals surface area contributed by atoms with E-state index in [4.69, 9.17) is 28.9 Å². The van der Waals surface area contributed by atoms with Gasteiger partial charge in [-0.2, -0.15) is 0 Å². The number of benzene rings is 1. The highest BCUT2D eigenvalue weighted by atomic mass is 35.5. The lowest BCUT2D eigenvalue weighted by molar-refractivity contribution is 0.807. The first-order chi connectivity index (χ1) is 5.59. The molecule has 3 heteroatoms. The number of rotatable bonds is 2. The van der Waals surface area contributed by atoms with Crippen LogP contribution in [0.2, 0.25) is 10.0 Å². The molecule has 12 heavy (non-hydrogen) atoms. The fourth-order valence-electron chi connectivity index (χ4n) is 0.969. The van der Waals surface area contributed by atoms with E-state index in [2.05, 4.69) is 6.92 Å². The van der Waals surface area contributed by atoms with Gasteiger partial charge in [-0.3, -0.25) is 0 Å². The lowest BCUT2D eigenvalue weighted by atomic mass is 10.1. The fourth-order valence-corrected chi connectivity index (χ4v) is 1.29. The van der Waals surface area contributed by atoms with Gasteiger partial charge in [-0.1, -0.05) is 29.3 Å². The molecule has 0 aliphatic heterocycles. The Labute approximate surface area is 82.5 Å². The molecular formula is C9H10Cl2N. The van der Waals surface area contributed by atoms with Crippen molar-refractivity contribution >= 4 is 23.2 Å². The van der Waals surface area contributed by atoms with Gasteiger partial charge in [0.1, 0.15) is 0 Å². The highest BCUT2D eigenvalue weighted by Gasteiger charge is 2.01. The number of halogens is 2. The van der Waals surface area contributed by atoms with Crippen molar-refractivity contribution in [3.05, 3.63) is 40.7 Å². The summed E-state index contributed by atoms with van der Waals surface area (Å²) in [6.45, 7) is 3.69. The molecule has 1 nitrogen and oxygen atoms in total. The Balaban J connectivity index is 2.82. The van der Waals surface area contributed by atoms with E-state index in [0.717, 1.165) is 12.0 Å². The molecule has 0 saturated heterocycles. The third-order valence-electron chi connectivity index (χ3n) is 1.48. The molecule has 1 aromatic carbocycles. The Kier molecular flexibility index (Phi) is 3.39. The van der Waals surface area contributed by atoms with Gasteiger partial charge in [0.25, 0.3) is 0 Å². The molecule has 0 spiro atoms. The van der Waals surface area contributed by atoms with Crippen LogP contribution in [0.3, 0.4) is 0 Å². The van der Waals surface area contributed by atoms with E-state index >= 15 is 0 Å². The van der Waals surface area contributed by atoms with Gasteiger partial charge in [0.2, 0.25) is 0 Å². The van der Waals surface area contributed by atoms with E-state index in [0.29, 0.717) is 10.0 Å². The van der Waals surface area contributed by atoms with Crippen molar-refractivity contribution < 1.29 is 0 Å². The fraction of sp³-hybridized carbons (Fsp3) is 0.222. The molecule has 1 radical (unpaired) electrons. The normalized spacial score (nSPS) is 13.0. The second-order valence-electron chi connectivity index (χ2n) is 2.71. The number of hydrogen-bond donors (Lipinski definition) is 1. The second kappa shape index (κ2) is 4.13. The highest BCUT2D eigenvalue weighted by Crippen LogP contribution is 2.22. The maximum atomic E-state index is 5.80. The van der Waals surface area contributed by atoms with Gasteiger partial charge in [0.15, 0.2) is 0 Å². The number of nitrogens with two attached hydrogens (primary N) is 1. The van der Waals surface area contributed by atoms with Crippen molar-refractivity contribution in [1.82, 2.24) is 0 Å². The molecule has 0 unspecified atom stereocenters. The summed E-state index contributed by atoms with van der Waals surface area (Å²) >= 11 is 11.5. The van der Waals surface area contributed by atoms with Crippen LogP contribution >= 0.6 is 23.2 Å². The zero-order valence-corrected chi connectivity index (χ0v) is 8.07. The average molecular weight is 203 g/mol. The standard InChI is InChI=1S/C9H10Cl2N/c1-6(12)4-7-2-3-8(10)9(11)5-7/h2-3,5-6H,1,4,12H2/t6-/m1/s1. The summed E-state index contributed by atoms with van der Waals surface area (Å²) < 4.78 is 0. The summed E-state index contributed by atoms with van der Waals surface area (Å²) in [5.41, 5.74) is 6.59. The van der Waals surface area contributed by atoms with Crippen LogP contribution in [-0.4, -0.2) is 6.04 Å². The molecule has 1 aromatic rings. The molecule has 0 aliphatic carbocycles. The summed E-state index contributed by atoms with van der Waals surface area (Å²) in [6, 6.07) is 5.39. The van der Waals surface area contributed by atoms with Crippen molar-refractivity contribution in [1.29, 1.82) is 0 Å². The molecule has 0 amide bonds. The molecule has 1 atom stereocenters. The maximum absolute atomic E-state index is 5.80. The minimum Gasteiger partial charge on any atom is -0.327 e. The Hall–Kier alpha value is -0.240. The van der Waals surface area contributed by atoms with Crippen LogP contribution in [0.4, 0.5) is 0 Å². The Morgan fingerprint density at radius 2 is 2.00 bits per heavy atom. The van der Waals surface area contributed by atoms with Gasteiger partial charge in [-0.05, 0) is 31.0 Å². The minimum atomic E-state index is -0.0951. The topological polar surface area (TPSA) is 26.0 Å². The molecule has 0 fully saturated rings. The van der Waals surface area contributed by atoms with E-state index in [-0.39, 0.29) is 6.04 Å². The predicted molar refractivity (Wildman–Crippen MR) is 53.5 cm³/mol. The van der Waals surface area contributed by atoms with E-state index in [1.54, 1.807) is 6.07 Å². The quantitative estimate of drug-likeness (QED) is 0.785. The summed E-state index contributed by atoms with van der Waals surface area (Å²) in [5, 5.41) is 1.13. The van der Waals surface area contributed by atoms with Crippen LogP contribution in [0, 0.1) is 6.92 Å². The van der Waals surface area contributed by atoms with Crippen LogP contribution in [0.1, 0.15) is 5.56 Å². The van der Waals surface area contributed by atoms with E-state index in [1.165, 1.54) is 0 Å². The zero-order valence-electron chi connectivity index (χ0n) is 6.56. The number of hydrogen-bond acceptors (Lipinski definition) is 1. The maximum Gasteiger partial charge on any atom is 0.0595 e. The summed E-state index contributed by atoms with van der Waals surface area (Å²) in [6.07, 6.45) is 0.719. The van der Waals surface area contributed by atoms with Gasteiger partial charge in [-0.25, -0.2) is 0 Å². The molecule has 0 aromatic heterocycles. The molecular weight excluding hydrogens is 193 g/mol. The molecule has 0 bridgehead atoms. The average Bonchev–Trinajstić information content (AvgIpc) is 1.96. The Morgan fingerprint density at radius 3 is 2.50 bits per heavy atom. The molecule has 1 rings (SSSR count).